The van der Waals surface area contributed by atoms with Gasteiger partial charge in [0.2, 0.25) is 0 Å². The zero-order valence-electron chi connectivity index (χ0n) is 15.5. The molecular weight excluding hydrogens is 378 g/mol. The molecule has 0 aliphatic heterocycles. The van der Waals surface area contributed by atoms with Gasteiger partial charge in [-0.05, 0) is 62.1 Å². The summed E-state index contributed by atoms with van der Waals surface area (Å²) < 4.78 is 17.7. The predicted molar refractivity (Wildman–Crippen MR) is 104 cm³/mol. The Balaban J connectivity index is 1.43. The average molecular weight is 401 g/mol. The van der Waals surface area contributed by atoms with Crippen LogP contribution < -0.4 is 5.32 Å². The second kappa shape index (κ2) is 6.66. The summed E-state index contributed by atoms with van der Waals surface area (Å²) in [6, 6.07) is 0.959. The van der Waals surface area contributed by atoms with Crippen molar-refractivity contribution in [2.24, 2.45) is 4.36 Å². The fourth-order valence-corrected chi connectivity index (χ4v) is 5.23. The lowest BCUT2D eigenvalue weighted by Gasteiger charge is -2.15. The molecule has 148 valence electrons. The first-order valence-electron chi connectivity index (χ1n) is 9.79. The van der Waals surface area contributed by atoms with Crippen molar-refractivity contribution in [3.63, 3.8) is 0 Å². The Labute approximate surface area is 164 Å². The molecule has 1 fully saturated rings. The number of nitrogens with one attached hydrogen (secondary N) is 1. The van der Waals surface area contributed by atoms with E-state index in [1.54, 1.807) is 12.3 Å². The van der Waals surface area contributed by atoms with E-state index in [4.69, 9.17) is 10.1 Å². The number of thiol groups is 1. The Morgan fingerprint density at radius 2 is 2.14 bits per heavy atom. The minimum absolute atomic E-state index is 0.0602. The summed E-state index contributed by atoms with van der Waals surface area (Å²) in [5.74, 6) is 0. The second-order valence-corrected chi connectivity index (χ2v) is 9.04. The summed E-state index contributed by atoms with van der Waals surface area (Å²) >= 11 is 0. The van der Waals surface area contributed by atoms with Crippen molar-refractivity contribution in [2.45, 2.75) is 61.9 Å². The van der Waals surface area contributed by atoms with Crippen LogP contribution in [0.5, 0.6) is 0 Å². The summed E-state index contributed by atoms with van der Waals surface area (Å²) in [7, 11) is -2.29. The van der Waals surface area contributed by atoms with Gasteiger partial charge in [-0.2, -0.15) is 5.10 Å². The van der Waals surface area contributed by atoms with E-state index in [1.807, 2.05) is 0 Å². The average Bonchev–Trinajstić information content (AvgIpc) is 3.01. The van der Waals surface area contributed by atoms with Crippen molar-refractivity contribution < 1.29 is 14.1 Å². The lowest BCUT2D eigenvalue weighted by Crippen LogP contribution is -2.14. The van der Waals surface area contributed by atoms with Gasteiger partial charge in [-0.3, -0.25) is 9.67 Å². The van der Waals surface area contributed by atoms with Crippen molar-refractivity contribution >= 4 is 22.3 Å². The molecule has 5 rings (SSSR count). The maximum atomic E-state index is 12.5. The number of aryl methyl sites for hydroxylation is 1. The zero-order chi connectivity index (χ0) is 19.3. The van der Waals surface area contributed by atoms with Crippen LogP contribution in [0.25, 0.3) is 0 Å². The number of aromatic nitrogens is 3. The Morgan fingerprint density at radius 3 is 2.93 bits per heavy atom. The number of aliphatic hydroxyl groups is 1. The number of carbonyl (C=O) groups excluding carboxylic acids is 1. The molecule has 0 radical (unpaired) electrons. The van der Waals surface area contributed by atoms with E-state index < -0.39 is 16.6 Å². The highest BCUT2D eigenvalue weighted by molar-refractivity contribution is 7.75. The number of carbonyl (C=O) groups is 1. The monoisotopic (exact) mass is 401 g/mol. The molecule has 2 N–H and O–H groups in total. The molecule has 2 amide bonds. The molecule has 3 aliphatic carbocycles. The normalized spacial score (nSPS) is 19.6. The molecule has 1 spiro atoms. The summed E-state index contributed by atoms with van der Waals surface area (Å²) in [6.45, 7) is 0.252. The highest BCUT2D eigenvalue weighted by Gasteiger charge is 2.51. The van der Waals surface area contributed by atoms with E-state index >= 15 is 0 Å². The molecule has 0 bridgehead atoms. The first-order chi connectivity index (χ1) is 13.6. The van der Waals surface area contributed by atoms with Gasteiger partial charge in [0.1, 0.15) is 0 Å². The fourth-order valence-electron chi connectivity index (χ4n) is 4.52. The molecule has 1 unspecified atom stereocenters. The van der Waals surface area contributed by atoms with E-state index in [2.05, 4.69) is 14.8 Å². The Morgan fingerprint density at radius 1 is 1.29 bits per heavy atom. The summed E-state index contributed by atoms with van der Waals surface area (Å²) in [5.41, 5.74) is 5.68. The van der Waals surface area contributed by atoms with E-state index in [0.29, 0.717) is 6.54 Å². The molecule has 3 aliphatic rings. The topological polar surface area (TPSA) is 109 Å². The van der Waals surface area contributed by atoms with Crippen molar-refractivity contribution in [1.82, 2.24) is 14.8 Å². The lowest BCUT2D eigenvalue weighted by atomic mass is 10.0. The summed E-state index contributed by atoms with van der Waals surface area (Å²) in [5, 5.41) is 16.2. The number of amides is 2. The SMILES string of the molecule is O=C(/N=[SH](=O)/c1ccn(CCO)n1)Nc1c2c(nc3c1CCC31CC1)CCC2. The van der Waals surface area contributed by atoms with E-state index in [0.717, 1.165) is 54.6 Å². The van der Waals surface area contributed by atoms with Crippen LogP contribution in [0.15, 0.2) is 21.7 Å². The third kappa shape index (κ3) is 2.93. The molecule has 1 saturated carbocycles. The number of fused-ring (bicyclic) bond motifs is 3. The van der Waals surface area contributed by atoms with Gasteiger partial charge in [-0.15, -0.1) is 4.36 Å². The largest absolute Gasteiger partial charge is 0.394 e. The van der Waals surface area contributed by atoms with Gasteiger partial charge < -0.3 is 10.4 Å². The van der Waals surface area contributed by atoms with Crippen molar-refractivity contribution in [3.8, 4) is 0 Å². The first kappa shape index (κ1) is 17.8. The van der Waals surface area contributed by atoms with Crippen molar-refractivity contribution in [3.05, 3.63) is 34.8 Å². The maximum absolute atomic E-state index is 12.5. The summed E-state index contributed by atoms with van der Waals surface area (Å²) in [4.78, 5) is 17.5. The van der Waals surface area contributed by atoms with Crippen molar-refractivity contribution in [2.75, 3.05) is 11.9 Å². The Bertz CT molecular complexity index is 1050. The molecule has 8 nitrogen and oxygen atoms in total. The van der Waals surface area contributed by atoms with E-state index in [-0.39, 0.29) is 17.0 Å². The van der Waals surface area contributed by atoms with E-state index in [1.165, 1.54) is 23.2 Å². The summed E-state index contributed by atoms with van der Waals surface area (Å²) in [6.07, 6.45) is 8.94. The molecule has 1 atom stereocenters. The number of pyridine rings is 1. The maximum Gasteiger partial charge on any atom is 0.353 e. The van der Waals surface area contributed by atoms with Gasteiger partial charge in [0, 0.05) is 17.3 Å². The predicted octanol–water partition coefficient (Wildman–Crippen LogP) is 1.99. The van der Waals surface area contributed by atoms with Crippen LogP contribution in [0.2, 0.25) is 0 Å². The molecular formula is C19H23N5O3S. The van der Waals surface area contributed by atoms with Gasteiger partial charge in [0.25, 0.3) is 0 Å². The second-order valence-electron chi connectivity index (χ2n) is 7.84. The van der Waals surface area contributed by atoms with E-state index in [9.17, 15) is 9.00 Å². The van der Waals surface area contributed by atoms with Gasteiger partial charge in [-0.25, -0.2) is 9.00 Å². The van der Waals surface area contributed by atoms with Gasteiger partial charge >= 0.3 is 6.03 Å². The standard InChI is InChI=1S/C19H23N5O3S/c25-11-10-24-9-5-15(22-24)28(27)23-18(26)21-16-12-2-1-3-14(12)20-17-13(16)4-6-19(17)7-8-19/h5,9,25,28H,1-4,6-8,10-11H2,(H,20,21,26). The van der Waals surface area contributed by atoms with Crippen LogP contribution in [0, 0.1) is 0 Å². The number of hydrogen-bond acceptors (Lipinski definition) is 5. The number of hydrogen-bond donors (Lipinski definition) is 3. The third-order valence-electron chi connectivity index (χ3n) is 6.10. The van der Waals surface area contributed by atoms with Crippen LogP contribution in [0.1, 0.15) is 48.2 Å². The van der Waals surface area contributed by atoms with Crippen LogP contribution in [-0.4, -0.2) is 36.7 Å². The molecule has 9 heteroatoms. The first-order valence-corrected chi connectivity index (χ1v) is 11.0. The van der Waals surface area contributed by atoms with Crippen LogP contribution in [0.3, 0.4) is 0 Å². The zero-order valence-corrected chi connectivity index (χ0v) is 16.4. The lowest BCUT2D eigenvalue weighted by molar-refractivity contribution is 0.260. The molecule has 0 saturated heterocycles. The molecule has 2 aromatic heterocycles. The highest BCUT2D eigenvalue weighted by Crippen LogP contribution is 2.58. The van der Waals surface area contributed by atoms with Crippen LogP contribution in [0.4, 0.5) is 10.5 Å². The number of aliphatic hydroxyl groups excluding tert-OH is 1. The van der Waals surface area contributed by atoms with Crippen LogP contribution in [-0.2, 0) is 41.8 Å². The van der Waals surface area contributed by atoms with Gasteiger partial charge in [0.05, 0.1) is 35.1 Å². The third-order valence-corrected chi connectivity index (χ3v) is 7.09. The minimum atomic E-state index is -2.29. The number of anilines is 1. The highest BCUT2D eigenvalue weighted by atomic mass is 32.2. The van der Waals surface area contributed by atoms with Gasteiger partial charge in [0.15, 0.2) is 5.03 Å². The Hall–Kier alpha value is -2.26. The molecule has 0 aromatic carbocycles. The molecule has 28 heavy (non-hydrogen) atoms. The van der Waals surface area contributed by atoms with Crippen LogP contribution >= 0.6 is 0 Å². The number of nitrogens with zero attached hydrogens (tertiary/aromatic N) is 4. The quantitative estimate of drug-likeness (QED) is 0.679. The minimum Gasteiger partial charge on any atom is -0.394 e. The Kier molecular flexibility index (Phi) is 4.24. The number of rotatable bonds is 4. The molecule has 2 aromatic rings. The van der Waals surface area contributed by atoms with Gasteiger partial charge in [-0.1, -0.05) is 0 Å². The fraction of sp³-hybridized carbons (Fsp3) is 0.526. The van der Waals surface area contributed by atoms with Crippen molar-refractivity contribution in [1.29, 1.82) is 0 Å². The smallest absolute Gasteiger partial charge is 0.353 e. The molecule has 2 heterocycles. The number of urea groups is 1.